The smallest absolute Gasteiger partial charge is 0.275 e. The van der Waals surface area contributed by atoms with Gasteiger partial charge >= 0.3 is 0 Å². The van der Waals surface area contributed by atoms with E-state index in [-0.39, 0.29) is 5.90 Å². The SMILES string of the molecule is C=C(O)O/C(CCc1csc(Nc2ncc(Br)cc2Oc2ccccc2)n1)=N\N. The maximum absolute atomic E-state index is 9.07. The number of aliphatic hydroxyl groups is 1. The molecule has 0 aliphatic carbocycles. The van der Waals surface area contributed by atoms with Crippen molar-refractivity contribution in [2.24, 2.45) is 10.9 Å². The van der Waals surface area contributed by atoms with Crippen molar-refractivity contribution in [1.29, 1.82) is 0 Å². The number of hydrazone groups is 1. The number of hydrogen-bond donors (Lipinski definition) is 3. The molecule has 0 saturated carbocycles. The summed E-state index contributed by atoms with van der Waals surface area (Å²) in [5.74, 6) is 6.77. The van der Waals surface area contributed by atoms with Gasteiger partial charge < -0.3 is 25.7 Å². The number of thiazole rings is 1. The van der Waals surface area contributed by atoms with Crippen molar-refractivity contribution in [2.45, 2.75) is 12.8 Å². The van der Waals surface area contributed by atoms with Crippen LogP contribution in [0.5, 0.6) is 11.5 Å². The van der Waals surface area contributed by atoms with Crippen molar-refractivity contribution >= 4 is 44.1 Å². The lowest BCUT2D eigenvalue weighted by atomic mass is 10.2. The molecule has 0 aliphatic heterocycles. The number of aliphatic hydroxyl groups excluding tert-OH is 1. The first-order valence-corrected chi connectivity index (χ1v) is 10.1. The molecule has 8 nitrogen and oxygen atoms in total. The second-order valence-electron chi connectivity index (χ2n) is 5.70. The Kier molecular flexibility index (Phi) is 7.04. The van der Waals surface area contributed by atoms with Gasteiger partial charge in [-0.05, 0) is 41.1 Å². The van der Waals surface area contributed by atoms with Crippen LogP contribution in [-0.2, 0) is 11.2 Å². The Bertz CT molecular complexity index is 1010. The normalized spacial score (nSPS) is 11.1. The Morgan fingerprint density at radius 3 is 2.86 bits per heavy atom. The van der Waals surface area contributed by atoms with Crippen molar-refractivity contribution in [2.75, 3.05) is 5.32 Å². The second-order valence-corrected chi connectivity index (χ2v) is 7.48. The average Bonchev–Trinajstić information content (AvgIpc) is 3.15. The number of ether oxygens (including phenoxy) is 2. The molecule has 3 aromatic rings. The molecule has 0 amide bonds. The molecule has 0 bridgehead atoms. The number of benzene rings is 1. The Hall–Kier alpha value is -3.11. The van der Waals surface area contributed by atoms with E-state index in [2.05, 4.69) is 42.9 Å². The molecule has 29 heavy (non-hydrogen) atoms. The van der Waals surface area contributed by atoms with Crippen molar-refractivity contribution in [3.63, 3.8) is 0 Å². The van der Waals surface area contributed by atoms with Gasteiger partial charge in [-0.25, -0.2) is 9.97 Å². The summed E-state index contributed by atoms with van der Waals surface area (Å²) in [6, 6.07) is 11.3. The number of hydrogen-bond acceptors (Lipinski definition) is 9. The van der Waals surface area contributed by atoms with Gasteiger partial charge in [0.1, 0.15) is 5.75 Å². The van der Waals surface area contributed by atoms with E-state index in [9.17, 15) is 0 Å². The third kappa shape index (κ3) is 6.19. The Morgan fingerprint density at radius 2 is 2.14 bits per heavy atom. The number of aryl methyl sites for hydroxylation is 1. The lowest BCUT2D eigenvalue weighted by Crippen LogP contribution is -2.08. The van der Waals surface area contributed by atoms with Gasteiger partial charge in [-0.15, -0.1) is 16.4 Å². The van der Waals surface area contributed by atoms with E-state index in [1.54, 1.807) is 6.20 Å². The molecule has 1 aromatic carbocycles. The summed E-state index contributed by atoms with van der Waals surface area (Å²) < 4.78 is 11.7. The molecule has 0 atom stereocenters. The number of aromatic nitrogens is 2. The quantitative estimate of drug-likeness (QED) is 0.136. The second kappa shape index (κ2) is 9.89. The minimum atomic E-state index is -0.456. The van der Waals surface area contributed by atoms with E-state index < -0.39 is 5.95 Å². The molecule has 10 heteroatoms. The van der Waals surface area contributed by atoms with E-state index >= 15 is 0 Å². The molecule has 2 heterocycles. The van der Waals surface area contributed by atoms with Crippen molar-refractivity contribution in [3.05, 3.63) is 70.7 Å². The molecule has 0 spiro atoms. The van der Waals surface area contributed by atoms with E-state index in [0.717, 1.165) is 10.2 Å². The molecule has 2 aromatic heterocycles. The van der Waals surface area contributed by atoms with E-state index in [1.165, 1.54) is 11.3 Å². The van der Waals surface area contributed by atoms with Crippen LogP contribution in [0.3, 0.4) is 0 Å². The third-order valence-electron chi connectivity index (χ3n) is 3.54. The van der Waals surface area contributed by atoms with Crippen LogP contribution in [0.4, 0.5) is 10.9 Å². The predicted octanol–water partition coefficient (Wildman–Crippen LogP) is 5.09. The highest BCUT2D eigenvalue weighted by Gasteiger charge is 2.12. The molecular formula is C19H18BrN5O3S. The van der Waals surface area contributed by atoms with Crippen LogP contribution in [0.25, 0.3) is 0 Å². The summed E-state index contributed by atoms with van der Waals surface area (Å²) in [7, 11) is 0. The molecule has 0 saturated heterocycles. The number of halogens is 1. The van der Waals surface area contributed by atoms with E-state index in [0.29, 0.717) is 35.3 Å². The van der Waals surface area contributed by atoms with Crippen LogP contribution in [-0.4, -0.2) is 21.0 Å². The summed E-state index contributed by atoms with van der Waals surface area (Å²) in [5, 5.41) is 18.3. The predicted molar refractivity (Wildman–Crippen MR) is 117 cm³/mol. The van der Waals surface area contributed by atoms with Gasteiger partial charge in [0.05, 0.1) is 5.69 Å². The Morgan fingerprint density at radius 1 is 1.34 bits per heavy atom. The molecule has 150 valence electrons. The zero-order chi connectivity index (χ0) is 20.6. The van der Waals surface area contributed by atoms with Gasteiger partial charge in [0.2, 0.25) is 5.90 Å². The first-order chi connectivity index (χ1) is 14.0. The van der Waals surface area contributed by atoms with Crippen molar-refractivity contribution < 1.29 is 14.6 Å². The minimum Gasteiger partial charge on any atom is -0.481 e. The third-order valence-corrected chi connectivity index (χ3v) is 4.78. The number of nitrogens with zero attached hydrogens (tertiary/aromatic N) is 3. The molecule has 0 aliphatic rings. The number of nitrogens with one attached hydrogen (secondary N) is 1. The maximum atomic E-state index is 9.07. The number of anilines is 2. The Balaban J connectivity index is 1.68. The fourth-order valence-corrected chi connectivity index (χ4v) is 3.36. The zero-order valence-electron chi connectivity index (χ0n) is 15.2. The highest BCUT2D eigenvalue weighted by Crippen LogP contribution is 2.33. The standard InChI is InChI=1S/C19H18BrN5O3S/c1-12(26)27-17(25-21)8-7-14-11-29-19(23-14)24-18-16(9-13(20)10-22-18)28-15-5-3-2-4-6-15/h2-6,9-11,26H,1,7-8,21H2,(H,22,23,24)/b25-17-. The van der Waals surface area contributed by atoms with Crippen molar-refractivity contribution in [3.8, 4) is 11.5 Å². The van der Waals surface area contributed by atoms with E-state index in [1.807, 2.05) is 41.8 Å². The van der Waals surface area contributed by atoms with E-state index in [4.69, 9.17) is 20.4 Å². The topological polar surface area (TPSA) is 115 Å². The molecule has 3 rings (SSSR count). The van der Waals surface area contributed by atoms with Crippen LogP contribution in [0, 0.1) is 0 Å². The molecular weight excluding hydrogens is 458 g/mol. The van der Waals surface area contributed by atoms with Crippen LogP contribution in [0.1, 0.15) is 12.1 Å². The average molecular weight is 476 g/mol. The first-order valence-electron chi connectivity index (χ1n) is 8.46. The summed E-state index contributed by atoms with van der Waals surface area (Å²) in [5.41, 5.74) is 0.813. The molecule has 0 fully saturated rings. The summed E-state index contributed by atoms with van der Waals surface area (Å²) in [4.78, 5) is 8.91. The van der Waals surface area contributed by atoms with Crippen molar-refractivity contribution in [1.82, 2.24) is 9.97 Å². The molecule has 4 N–H and O–H groups in total. The fraction of sp³-hybridized carbons (Fsp3) is 0.105. The largest absolute Gasteiger partial charge is 0.481 e. The van der Waals surface area contributed by atoms with Gasteiger partial charge in [0.15, 0.2) is 16.7 Å². The Labute approximate surface area is 179 Å². The van der Waals surface area contributed by atoms with Crippen LogP contribution < -0.4 is 15.9 Å². The minimum absolute atomic E-state index is 0.174. The monoisotopic (exact) mass is 475 g/mol. The highest BCUT2D eigenvalue weighted by atomic mass is 79.9. The van der Waals surface area contributed by atoms with Crippen LogP contribution in [0.2, 0.25) is 0 Å². The number of rotatable bonds is 8. The fourth-order valence-electron chi connectivity index (χ4n) is 2.30. The zero-order valence-corrected chi connectivity index (χ0v) is 17.6. The lowest BCUT2D eigenvalue weighted by Gasteiger charge is -2.11. The number of pyridine rings is 1. The summed E-state index contributed by atoms with van der Waals surface area (Å²) >= 11 is 4.84. The van der Waals surface area contributed by atoms with Gasteiger partial charge in [-0.1, -0.05) is 18.2 Å². The van der Waals surface area contributed by atoms with Crippen LogP contribution in [0.15, 0.2) is 70.1 Å². The summed E-state index contributed by atoms with van der Waals surface area (Å²) in [6.07, 6.45) is 2.58. The first kappa shape index (κ1) is 20.6. The van der Waals surface area contributed by atoms with Crippen LogP contribution >= 0.6 is 27.3 Å². The molecule has 0 unspecified atom stereocenters. The van der Waals surface area contributed by atoms with Gasteiger partial charge in [0.25, 0.3) is 5.95 Å². The summed E-state index contributed by atoms with van der Waals surface area (Å²) in [6.45, 7) is 3.24. The van der Waals surface area contributed by atoms with Gasteiger partial charge in [-0.3, -0.25) is 0 Å². The number of nitrogens with two attached hydrogens (primary N) is 1. The van der Waals surface area contributed by atoms with Gasteiger partial charge in [0, 0.05) is 28.5 Å². The van der Waals surface area contributed by atoms with Gasteiger partial charge in [-0.2, -0.15) is 0 Å². The lowest BCUT2D eigenvalue weighted by molar-refractivity contribution is 0.198. The maximum Gasteiger partial charge on any atom is 0.275 e. The molecule has 0 radical (unpaired) electrons. The number of para-hydroxylation sites is 1. The highest BCUT2D eigenvalue weighted by molar-refractivity contribution is 9.10.